The Morgan fingerprint density at radius 2 is 1.39 bits per heavy atom. The van der Waals surface area contributed by atoms with Crippen molar-refractivity contribution in [2.24, 2.45) is 0 Å². The van der Waals surface area contributed by atoms with E-state index in [9.17, 15) is 9.59 Å². The first kappa shape index (κ1) is 21.2. The largest absolute Gasteiger partial charge is 0.326 e. The molecule has 156 valence electrons. The maximum atomic E-state index is 13.6. The highest BCUT2D eigenvalue weighted by Gasteiger charge is 2.36. The molecule has 3 aromatic carbocycles. The van der Waals surface area contributed by atoms with E-state index in [1.807, 2.05) is 31.2 Å². The van der Waals surface area contributed by atoms with E-state index >= 15 is 0 Å². The Hall–Kier alpha value is -3.08. The minimum Gasteiger partial charge on any atom is -0.326 e. The number of nitrogens with zero attached hydrogens (tertiary/aromatic N) is 1. The van der Waals surface area contributed by atoms with Crippen molar-refractivity contribution in [3.63, 3.8) is 0 Å². The van der Waals surface area contributed by atoms with E-state index < -0.39 is 6.04 Å². The molecule has 4 rings (SSSR count). The lowest BCUT2D eigenvalue weighted by molar-refractivity contribution is 0.102. The summed E-state index contributed by atoms with van der Waals surface area (Å²) in [6, 6.07) is 20.6. The van der Waals surface area contributed by atoms with Gasteiger partial charge < -0.3 is 5.32 Å². The number of aryl methyl sites for hydroxylation is 1. The van der Waals surface area contributed by atoms with Gasteiger partial charge in [-0.2, -0.15) is 0 Å². The lowest BCUT2D eigenvalue weighted by atomic mass is 9.89. The summed E-state index contributed by atoms with van der Waals surface area (Å²) in [7, 11) is 0. The zero-order valence-electron chi connectivity index (χ0n) is 17.0. The van der Waals surface area contributed by atoms with Crippen molar-refractivity contribution < 1.29 is 9.59 Å². The molecule has 1 unspecified atom stereocenters. The van der Waals surface area contributed by atoms with Crippen molar-refractivity contribution in [3.8, 4) is 0 Å². The van der Waals surface area contributed by atoms with Crippen LogP contribution < -0.4 is 10.2 Å². The minimum absolute atomic E-state index is 0.142. The van der Waals surface area contributed by atoms with E-state index in [4.69, 9.17) is 23.2 Å². The SMILES string of the molecule is CC1=C(C(=O)c2ccc(C)cc2)C(c2ccc(Cl)cc2)NC(=O)N1c1ccc(Cl)cc1. The first-order valence-corrected chi connectivity index (χ1v) is 10.5. The summed E-state index contributed by atoms with van der Waals surface area (Å²) in [5.41, 5.74) is 4.10. The number of amides is 2. The average Bonchev–Trinajstić information content (AvgIpc) is 2.75. The van der Waals surface area contributed by atoms with Crippen LogP contribution in [0.3, 0.4) is 0 Å². The fourth-order valence-corrected chi connectivity index (χ4v) is 3.96. The van der Waals surface area contributed by atoms with Crippen LogP contribution in [-0.2, 0) is 0 Å². The zero-order valence-corrected chi connectivity index (χ0v) is 18.5. The predicted molar refractivity (Wildman–Crippen MR) is 125 cm³/mol. The molecule has 6 heteroatoms. The topological polar surface area (TPSA) is 49.4 Å². The number of urea groups is 1. The molecule has 0 aliphatic carbocycles. The molecule has 1 aliphatic rings. The van der Waals surface area contributed by atoms with Crippen molar-refractivity contribution >= 4 is 40.7 Å². The van der Waals surface area contributed by atoms with Gasteiger partial charge in [-0.05, 0) is 55.8 Å². The number of carbonyl (C=O) groups excluding carboxylic acids is 2. The number of hydrogen-bond donors (Lipinski definition) is 1. The predicted octanol–water partition coefficient (Wildman–Crippen LogP) is 6.73. The molecular formula is C25H20Cl2N2O2. The third kappa shape index (κ3) is 4.22. The molecule has 0 aromatic heterocycles. The van der Waals surface area contributed by atoms with Crippen molar-refractivity contribution in [1.29, 1.82) is 0 Å². The standard InChI is InChI=1S/C25H20Cl2N2O2/c1-15-3-5-18(6-4-15)24(30)22-16(2)29(21-13-11-20(27)12-14-21)25(31)28-23(22)17-7-9-19(26)10-8-17/h3-14,23H,1-2H3,(H,28,31). The molecule has 1 heterocycles. The van der Waals surface area contributed by atoms with Crippen LogP contribution in [0.15, 0.2) is 84.1 Å². The van der Waals surface area contributed by atoms with Crippen molar-refractivity contribution in [2.45, 2.75) is 19.9 Å². The highest BCUT2D eigenvalue weighted by molar-refractivity contribution is 6.31. The molecular weight excluding hydrogens is 431 g/mol. The Morgan fingerprint density at radius 1 is 0.839 bits per heavy atom. The monoisotopic (exact) mass is 450 g/mol. The number of halogens is 2. The molecule has 0 spiro atoms. The van der Waals surface area contributed by atoms with Gasteiger partial charge in [-0.3, -0.25) is 9.69 Å². The van der Waals surface area contributed by atoms with Crippen LogP contribution in [-0.4, -0.2) is 11.8 Å². The summed E-state index contributed by atoms with van der Waals surface area (Å²) in [5.74, 6) is -0.142. The second-order valence-corrected chi connectivity index (χ2v) is 8.31. The maximum absolute atomic E-state index is 13.6. The Bertz CT molecular complexity index is 1170. The van der Waals surface area contributed by atoms with Gasteiger partial charge in [-0.1, -0.05) is 65.2 Å². The Labute approximate surface area is 191 Å². The number of benzene rings is 3. The highest BCUT2D eigenvalue weighted by atomic mass is 35.5. The van der Waals surface area contributed by atoms with E-state index in [-0.39, 0.29) is 11.8 Å². The van der Waals surface area contributed by atoms with E-state index in [0.29, 0.717) is 32.6 Å². The Balaban J connectivity index is 1.87. The summed E-state index contributed by atoms with van der Waals surface area (Å²) in [6.45, 7) is 3.76. The van der Waals surface area contributed by atoms with Gasteiger partial charge in [-0.15, -0.1) is 0 Å². The molecule has 4 nitrogen and oxygen atoms in total. The number of rotatable bonds is 4. The summed E-state index contributed by atoms with van der Waals surface area (Å²) in [5, 5.41) is 4.14. The van der Waals surface area contributed by atoms with E-state index in [1.165, 1.54) is 4.90 Å². The van der Waals surface area contributed by atoms with Gasteiger partial charge in [0.2, 0.25) is 0 Å². The second kappa shape index (κ2) is 8.58. The Kier molecular flexibility index (Phi) is 5.86. The van der Waals surface area contributed by atoms with Crippen molar-refractivity contribution in [2.75, 3.05) is 4.90 Å². The fraction of sp³-hybridized carbons (Fsp3) is 0.120. The number of hydrogen-bond acceptors (Lipinski definition) is 2. The molecule has 0 bridgehead atoms. The quantitative estimate of drug-likeness (QED) is 0.447. The van der Waals surface area contributed by atoms with Crippen molar-refractivity contribution in [1.82, 2.24) is 5.32 Å². The molecule has 31 heavy (non-hydrogen) atoms. The van der Waals surface area contributed by atoms with Gasteiger partial charge in [-0.25, -0.2) is 4.79 Å². The average molecular weight is 451 g/mol. The molecule has 0 radical (unpaired) electrons. The molecule has 0 saturated heterocycles. The maximum Gasteiger partial charge on any atom is 0.326 e. The molecule has 0 fully saturated rings. The first-order chi connectivity index (χ1) is 14.8. The normalized spacial score (nSPS) is 16.3. The number of Topliss-reactive ketones (excluding diaryl/α,β-unsaturated/α-hetero) is 1. The third-order valence-corrected chi connectivity index (χ3v) is 5.84. The van der Waals surface area contributed by atoms with Crippen LogP contribution in [0.2, 0.25) is 10.0 Å². The second-order valence-electron chi connectivity index (χ2n) is 7.44. The van der Waals surface area contributed by atoms with Crippen LogP contribution in [0.1, 0.15) is 34.5 Å². The Morgan fingerprint density at radius 3 is 1.97 bits per heavy atom. The van der Waals surface area contributed by atoms with Crippen LogP contribution in [0, 0.1) is 6.92 Å². The van der Waals surface area contributed by atoms with E-state index in [1.54, 1.807) is 55.5 Å². The number of anilines is 1. The summed E-state index contributed by atoms with van der Waals surface area (Å²) in [6.07, 6.45) is 0. The van der Waals surface area contributed by atoms with Gasteiger partial charge in [0, 0.05) is 26.9 Å². The molecule has 3 aromatic rings. The van der Waals surface area contributed by atoms with Crippen LogP contribution in [0.25, 0.3) is 0 Å². The van der Waals surface area contributed by atoms with Crippen LogP contribution >= 0.6 is 23.2 Å². The van der Waals surface area contributed by atoms with Gasteiger partial charge in [0.25, 0.3) is 0 Å². The fourth-order valence-electron chi connectivity index (χ4n) is 3.70. The van der Waals surface area contributed by atoms with Crippen molar-refractivity contribution in [3.05, 3.63) is 111 Å². The number of allylic oxidation sites excluding steroid dienone is 1. The van der Waals surface area contributed by atoms with Gasteiger partial charge in [0.1, 0.15) is 0 Å². The summed E-state index contributed by atoms with van der Waals surface area (Å²) in [4.78, 5) is 28.2. The number of carbonyl (C=O) groups is 2. The smallest absolute Gasteiger partial charge is 0.326 e. The minimum atomic E-state index is -0.595. The number of ketones is 1. The third-order valence-electron chi connectivity index (χ3n) is 5.33. The van der Waals surface area contributed by atoms with Crippen LogP contribution in [0.5, 0.6) is 0 Å². The summed E-state index contributed by atoms with van der Waals surface area (Å²) < 4.78 is 0. The van der Waals surface area contributed by atoms with E-state index in [0.717, 1.165) is 11.1 Å². The zero-order chi connectivity index (χ0) is 22.1. The number of nitrogens with one attached hydrogen (secondary N) is 1. The highest BCUT2D eigenvalue weighted by Crippen LogP contribution is 2.36. The molecule has 0 saturated carbocycles. The summed E-state index contributed by atoms with van der Waals surface area (Å²) >= 11 is 12.1. The van der Waals surface area contributed by atoms with Gasteiger partial charge in [0.05, 0.1) is 11.7 Å². The first-order valence-electron chi connectivity index (χ1n) is 9.79. The lowest BCUT2D eigenvalue weighted by Crippen LogP contribution is -2.48. The van der Waals surface area contributed by atoms with Gasteiger partial charge in [0.15, 0.2) is 5.78 Å². The van der Waals surface area contributed by atoms with E-state index in [2.05, 4.69) is 5.32 Å². The molecule has 1 atom stereocenters. The molecule has 1 aliphatic heterocycles. The molecule has 2 amide bonds. The van der Waals surface area contributed by atoms with Gasteiger partial charge >= 0.3 is 6.03 Å². The van der Waals surface area contributed by atoms with Crippen LogP contribution in [0.4, 0.5) is 10.5 Å². The molecule has 1 N–H and O–H groups in total. The lowest BCUT2D eigenvalue weighted by Gasteiger charge is -2.36.